The molecule has 1 unspecified atom stereocenters. The molecule has 6 rings (SSSR count). The fraction of sp³-hybridized carbons (Fsp3) is 0.600. The van der Waals surface area contributed by atoms with Gasteiger partial charge in [0.25, 0.3) is 5.91 Å². The maximum atomic E-state index is 13.2. The lowest BCUT2D eigenvalue weighted by Gasteiger charge is -2.55. The molecule has 1 aliphatic heterocycles. The number of rotatable bonds is 2. The Bertz CT molecular complexity index is 722. The molecule has 5 nitrogen and oxygen atoms in total. The van der Waals surface area contributed by atoms with Crippen LogP contribution < -0.4 is 15.4 Å². The highest BCUT2D eigenvalue weighted by atomic mass is 16.5. The van der Waals surface area contributed by atoms with Crippen molar-refractivity contribution >= 4 is 23.2 Å². The molecule has 4 saturated carbocycles. The summed E-state index contributed by atoms with van der Waals surface area (Å²) < 4.78 is 5.65. The minimum absolute atomic E-state index is 0.132. The first-order valence-electron chi connectivity index (χ1n) is 9.44. The van der Waals surface area contributed by atoms with Gasteiger partial charge in [-0.25, -0.2) is 0 Å². The third-order valence-electron chi connectivity index (χ3n) is 6.72. The summed E-state index contributed by atoms with van der Waals surface area (Å²) in [6, 6.07) is 5.53. The number of amides is 2. The van der Waals surface area contributed by atoms with Gasteiger partial charge >= 0.3 is 0 Å². The second-order valence-corrected chi connectivity index (χ2v) is 8.58. The van der Waals surface area contributed by atoms with Gasteiger partial charge in [0.2, 0.25) is 5.91 Å². The molecular formula is C20H24N2O3. The molecule has 1 aromatic rings. The Hall–Kier alpha value is -2.04. The Kier molecular flexibility index (Phi) is 3.19. The highest BCUT2D eigenvalue weighted by Crippen LogP contribution is 2.60. The molecule has 2 N–H and O–H groups in total. The fourth-order valence-corrected chi connectivity index (χ4v) is 5.97. The van der Waals surface area contributed by atoms with Gasteiger partial charge in [0.05, 0.1) is 11.1 Å². The second-order valence-electron chi connectivity index (χ2n) is 8.58. The zero-order chi connectivity index (χ0) is 17.2. The summed E-state index contributed by atoms with van der Waals surface area (Å²) in [5.41, 5.74) is 1.03. The highest BCUT2D eigenvalue weighted by Gasteiger charge is 2.54. The standard InChI is InChI=1S/C20H24N2O3/c1-11-18(23)22-17-15(3-2-4-16(17)25-11)21-19(24)20-8-12-5-13(9-20)7-14(6-12)10-20/h2-4,11-14H,5-10H2,1H3,(H,21,24)(H,22,23). The molecule has 1 atom stereocenters. The van der Waals surface area contributed by atoms with E-state index in [1.165, 1.54) is 19.3 Å². The fourth-order valence-electron chi connectivity index (χ4n) is 5.97. The Labute approximate surface area is 147 Å². The zero-order valence-corrected chi connectivity index (χ0v) is 14.5. The van der Waals surface area contributed by atoms with Crippen molar-refractivity contribution in [1.29, 1.82) is 0 Å². The van der Waals surface area contributed by atoms with Crippen LogP contribution in [0.4, 0.5) is 11.4 Å². The van der Waals surface area contributed by atoms with E-state index in [9.17, 15) is 9.59 Å². The first-order valence-corrected chi connectivity index (χ1v) is 9.44. The van der Waals surface area contributed by atoms with Crippen LogP contribution in [0.3, 0.4) is 0 Å². The van der Waals surface area contributed by atoms with Gasteiger partial charge in [-0.3, -0.25) is 9.59 Å². The number of fused-ring (bicyclic) bond motifs is 1. The van der Waals surface area contributed by atoms with Crippen molar-refractivity contribution < 1.29 is 14.3 Å². The van der Waals surface area contributed by atoms with Gasteiger partial charge in [0.1, 0.15) is 11.4 Å². The van der Waals surface area contributed by atoms with Crippen LogP contribution in [0.5, 0.6) is 5.75 Å². The molecule has 0 saturated heterocycles. The number of carbonyl (C=O) groups excluding carboxylic acids is 2. The SMILES string of the molecule is CC1Oc2cccc(NC(=O)C34CC5CC(CC(C5)C3)C4)c2NC1=O. The van der Waals surface area contributed by atoms with Crippen molar-refractivity contribution in [3.63, 3.8) is 0 Å². The average molecular weight is 340 g/mol. The topological polar surface area (TPSA) is 67.4 Å². The number of hydrogen-bond acceptors (Lipinski definition) is 3. The molecule has 2 amide bonds. The third kappa shape index (κ3) is 2.35. The lowest BCUT2D eigenvalue weighted by atomic mass is 9.49. The van der Waals surface area contributed by atoms with Crippen LogP contribution in [0.25, 0.3) is 0 Å². The quantitative estimate of drug-likeness (QED) is 0.865. The average Bonchev–Trinajstić information content (AvgIpc) is 2.55. The summed E-state index contributed by atoms with van der Waals surface area (Å²) in [5, 5.41) is 6.01. The zero-order valence-electron chi connectivity index (χ0n) is 14.5. The van der Waals surface area contributed by atoms with Crippen molar-refractivity contribution in [3.05, 3.63) is 18.2 Å². The number of hydrogen-bond donors (Lipinski definition) is 2. The van der Waals surface area contributed by atoms with E-state index in [2.05, 4.69) is 10.6 Å². The largest absolute Gasteiger partial charge is 0.479 e. The summed E-state index contributed by atoms with van der Waals surface area (Å²) in [5.74, 6) is 2.76. The van der Waals surface area contributed by atoms with Crippen LogP contribution in [0.15, 0.2) is 18.2 Å². The van der Waals surface area contributed by atoms with Crippen molar-refractivity contribution in [2.24, 2.45) is 23.2 Å². The van der Waals surface area contributed by atoms with Gasteiger partial charge in [0, 0.05) is 0 Å². The Balaban J connectivity index is 1.42. The minimum Gasteiger partial charge on any atom is -0.479 e. The van der Waals surface area contributed by atoms with Crippen LogP contribution >= 0.6 is 0 Å². The number of ether oxygens (including phenoxy) is 1. The van der Waals surface area contributed by atoms with Crippen molar-refractivity contribution in [3.8, 4) is 5.75 Å². The molecule has 0 radical (unpaired) electrons. The monoisotopic (exact) mass is 340 g/mol. The smallest absolute Gasteiger partial charge is 0.265 e. The van der Waals surface area contributed by atoms with Crippen molar-refractivity contribution in [2.75, 3.05) is 10.6 Å². The molecule has 132 valence electrons. The minimum atomic E-state index is -0.512. The van der Waals surface area contributed by atoms with E-state index < -0.39 is 6.10 Å². The molecule has 4 aliphatic carbocycles. The molecule has 0 spiro atoms. The maximum absolute atomic E-state index is 13.2. The van der Waals surface area contributed by atoms with Gasteiger partial charge in [-0.15, -0.1) is 0 Å². The van der Waals surface area contributed by atoms with Crippen LogP contribution in [0.1, 0.15) is 45.4 Å². The van der Waals surface area contributed by atoms with Crippen LogP contribution in [-0.2, 0) is 9.59 Å². The third-order valence-corrected chi connectivity index (χ3v) is 6.72. The number of nitrogens with one attached hydrogen (secondary N) is 2. The molecule has 5 aliphatic rings. The van der Waals surface area contributed by atoms with E-state index in [-0.39, 0.29) is 17.2 Å². The van der Waals surface area contributed by atoms with E-state index in [1.807, 2.05) is 18.2 Å². The van der Waals surface area contributed by atoms with Gasteiger partial charge < -0.3 is 15.4 Å². The van der Waals surface area contributed by atoms with Crippen LogP contribution in [-0.4, -0.2) is 17.9 Å². The van der Waals surface area contributed by atoms with Crippen molar-refractivity contribution in [2.45, 2.75) is 51.6 Å². The number of benzene rings is 1. The first-order chi connectivity index (χ1) is 12.0. The number of carbonyl (C=O) groups is 2. The van der Waals surface area contributed by atoms with Gasteiger partial charge in [-0.1, -0.05) is 6.07 Å². The van der Waals surface area contributed by atoms with E-state index in [4.69, 9.17) is 4.74 Å². The normalized spacial score (nSPS) is 37.9. The molecular weight excluding hydrogens is 316 g/mol. The molecule has 25 heavy (non-hydrogen) atoms. The van der Waals surface area contributed by atoms with Crippen LogP contribution in [0, 0.1) is 23.2 Å². The lowest BCUT2D eigenvalue weighted by Crippen LogP contribution is -2.51. The Morgan fingerprint density at radius 2 is 1.80 bits per heavy atom. The highest BCUT2D eigenvalue weighted by molar-refractivity contribution is 6.05. The van der Waals surface area contributed by atoms with E-state index in [0.717, 1.165) is 37.0 Å². The molecule has 4 fully saturated rings. The maximum Gasteiger partial charge on any atom is 0.265 e. The molecule has 0 aromatic heterocycles. The summed E-state index contributed by atoms with van der Waals surface area (Å²) >= 11 is 0. The summed E-state index contributed by atoms with van der Waals surface area (Å²) in [7, 11) is 0. The van der Waals surface area contributed by atoms with Crippen LogP contribution in [0.2, 0.25) is 0 Å². The lowest BCUT2D eigenvalue weighted by molar-refractivity contribution is -0.140. The van der Waals surface area contributed by atoms with E-state index >= 15 is 0 Å². The predicted octanol–water partition coefficient (Wildman–Crippen LogP) is 3.56. The number of anilines is 2. The Morgan fingerprint density at radius 1 is 1.16 bits per heavy atom. The van der Waals surface area contributed by atoms with Gasteiger partial charge in [0.15, 0.2) is 6.10 Å². The second kappa shape index (κ2) is 5.23. The predicted molar refractivity (Wildman–Crippen MR) is 94.4 cm³/mol. The molecule has 5 heteroatoms. The van der Waals surface area contributed by atoms with E-state index in [1.54, 1.807) is 6.92 Å². The summed E-state index contributed by atoms with van der Waals surface area (Å²) in [6.07, 6.45) is 6.51. The van der Waals surface area contributed by atoms with Gasteiger partial charge in [-0.05, 0) is 75.3 Å². The van der Waals surface area contributed by atoms with E-state index in [0.29, 0.717) is 17.1 Å². The number of para-hydroxylation sites is 1. The van der Waals surface area contributed by atoms with Crippen molar-refractivity contribution in [1.82, 2.24) is 0 Å². The Morgan fingerprint density at radius 3 is 2.44 bits per heavy atom. The molecule has 1 aromatic carbocycles. The van der Waals surface area contributed by atoms with Gasteiger partial charge in [-0.2, -0.15) is 0 Å². The first kappa shape index (κ1) is 15.2. The summed E-state index contributed by atoms with van der Waals surface area (Å²) in [4.78, 5) is 25.2. The molecule has 1 heterocycles. The summed E-state index contributed by atoms with van der Waals surface area (Å²) in [6.45, 7) is 1.72. The molecule has 4 bridgehead atoms.